The fourth-order valence-corrected chi connectivity index (χ4v) is 11.2. The van der Waals surface area contributed by atoms with Crippen LogP contribution in [0, 0.1) is 56.2 Å². The minimum atomic E-state index is -3.62. The van der Waals surface area contributed by atoms with Crippen LogP contribution in [0.15, 0.2) is 27.7 Å². The van der Waals surface area contributed by atoms with Crippen molar-refractivity contribution in [1.82, 2.24) is 10.6 Å². The van der Waals surface area contributed by atoms with E-state index in [1.165, 1.54) is 0 Å². The Morgan fingerprint density at radius 1 is 1.02 bits per heavy atom. The molecule has 6 aliphatic rings. The Balaban J connectivity index is 1.48. The first-order valence-electron chi connectivity index (χ1n) is 15.6. The molecule has 6 rings (SSSR count). The zero-order valence-corrected chi connectivity index (χ0v) is 27.0. The van der Waals surface area contributed by atoms with Crippen LogP contribution in [0.5, 0.6) is 0 Å². The lowest BCUT2D eigenvalue weighted by molar-refractivity contribution is -0.158. The summed E-state index contributed by atoms with van der Waals surface area (Å²) in [5.74, 6) is 0.268. The molecule has 4 fully saturated rings. The molecule has 2 N–H and O–H groups in total. The van der Waals surface area contributed by atoms with Gasteiger partial charge in [-0.1, -0.05) is 46.3 Å². The largest absolute Gasteiger partial charge is 0.359 e. The van der Waals surface area contributed by atoms with E-state index in [1.807, 2.05) is 12.2 Å². The molecule has 42 heavy (non-hydrogen) atoms. The summed E-state index contributed by atoms with van der Waals surface area (Å²) in [6.07, 6.45) is 12.7. The maximum atomic E-state index is 14.6. The van der Waals surface area contributed by atoms with Crippen molar-refractivity contribution < 1.29 is 18.0 Å². The molecule has 0 aromatic heterocycles. The number of nitrogens with one attached hydrogen (secondary N) is 2. The van der Waals surface area contributed by atoms with Gasteiger partial charge in [0.1, 0.15) is 6.07 Å². The van der Waals surface area contributed by atoms with Gasteiger partial charge in [-0.05, 0) is 91.9 Å². The number of fused-ring (bicyclic) bond motifs is 8. The number of ketones is 2. The zero-order chi connectivity index (χ0) is 30.7. The van der Waals surface area contributed by atoms with E-state index in [0.717, 1.165) is 69.6 Å². The number of carbonyl (C=O) groups excluding carboxylic acids is 2. The van der Waals surface area contributed by atoms with Crippen LogP contribution in [0.3, 0.4) is 0 Å². The molecule has 8 nitrogen and oxygen atoms in total. The van der Waals surface area contributed by atoms with E-state index < -0.39 is 26.4 Å². The fourth-order valence-electron chi connectivity index (χ4n) is 10.8. The van der Waals surface area contributed by atoms with Crippen molar-refractivity contribution in [2.45, 2.75) is 97.9 Å². The number of Topliss-reactive ketones (excluding diaryl/α,β-unsaturated/α-hetero) is 1. The third-order valence-electron chi connectivity index (χ3n) is 13.2. The average molecular weight is 595 g/mol. The van der Waals surface area contributed by atoms with E-state index in [0.29, 0.717) is 0 Å². The molecule has 0 aromatic carbocycles. The summed E-state index contributed by atoms with van der Waals surface area (Å²) in [5, 5.41) is 16.5. The van der Waals surface area contributed by atoms with Gasteiger partial charge in [-0.3, -0.25) is 9.59 Å². The Kier molecular flexibility index (Phi) is 6.20. The van der Waals surface area contributed by atoms with Crippen LogP contribution in [-0.4, -0.2) is 44.8 Å². The third-order valence-corrected chi connectivity index (χ3v) is 13.7. The second-order valence-corrected chi connectivity index (χ2v) is 17.5. The summed E-state index contributed by atoms with van der Waals surface area (Å²) >= 11 is 0. The molecule has 1 spiro atoms. The van der Waals surface area contributed by atoms with E-state index >= 15 is 0 Å². The van der Waals surface area contributed by atoms with Crippen LogP contribution in [0.25, 0.3) is 0 Å². The summed E-state index contributed by atoms with van der Waals surface area (Å²) in [6.45, 7) is 11.4. The van der Waals surface area contributed by atoms with Crippen LogP contribution in [-0.2, 0) is 19.6 Å². The smallest absolute Gasteiger partial charge is 0.253 e. The quantitative estimate of drug-likeness (QED) is 0.346. The molecule has 4 saturated carbocycles. The van der Waals surface area contributed by atoms with Crippen molar-refractivity contribution >= 4 is 27.5 Å². The normalized spacial score (nSPS) is 43.5. The molecule has 6 aliphatic carbocycles. The second-order valence-electron chi connectivity index (χ2n) is 15.9. The van der Waals surface area contributed by atoms with Crippen molar-refractivity contribution in [1.29, 1.82) is 5.26 Å². The summed E-state index contributed by atoms with van der Waals surface area (Å²) in [6, 6.07) is 2.21. The first-order chi connectivity index (χ1) is 19.4. The highest BCUT2D eigenvalue weighted by molar-refractivity contribution is 7.89. The van der Waals surface area contributed by atoms with Crippen LogP contribution >= 0.6 is 0 Å². The molecule has 0 saturated heterocycles. The lowest BCUT2D eigenvalue weighted by Gasteiger charge is -2.69. The monoisotopic (exact) mass is 594 g/mol. The Morgan fingerprint density at radius 2 is 1.69 bits per heavy atom. The Morgan fingerprint density at radius 3 is 2.29 bits per heavy atom. The molecule has 0 aromatic rings. The van der Waals surface area contributed by atoms with E-state index in [-0.39, 0.29) is 57.1 Å². The number of rotatable bonds is 2. The molecule has 0 bridgehead atoms. The van der Waals surface area contributed by atoms with Gasteiger partial charge >= 0.3 is 0 Å². The molecule has 0 heterocycles. The zero-order valence-electron chi connectivity index (χ0n) is 26.2. The second kappa shape index (κ2) is 8.80. The van der Waals surface area contributed by atoms with Gasteiger partial charge in [-0.15, -0.1) is 4.40 Å². The van der Waals surface area contributed by atoms with Crippen molar-refractivity contribution in [3.63, 3.8) is 0 Å². The highest BCUT2D eigenvalue weighted by Crippen LogP contribution is 2.76. The molecule has 0 amide bonds. The van der Waals surface area contributed by atoms with Crippen molar-refractivity contribution in [2.24, 2.45) is 49.2 Å². The van der Waals surface area contributed by atoms with E-state index in [1.54, 1.807) is 7.05 Å². The summed E-state index contributed by atoms with van der Waals surface area (Å²) in [4.78, 5) is 28.0. The molecule has 7 atom stereocenters. The number of allylic oxidation sites excluding steroid dienone is 4. The van der Waals surface area contributed by atoms with Crippen molar-refractivity contribution in [2.75, 3.05) is 13.3 Å². The minimum absolute atomic E-state index is 0.00122. The predicted octanol–water partition coefficient (Wildman–Crippen LogP) is 4.84. The SMILES string of the molecule is CN/C(=N\S(C)(=O)=O)N[C@]12CCC(C)(C)C[C@H]1[C@H]1C(=O)C=C3[C@@]4(C)C=C(C#N)C(=O)C5(CC5)[C@@H]4CC[C@@]3(C)[C@]1(C)CC2. The molecule has 0 unspecified atom stereocenters. The number of carbonyl (C=O) groups is 2. The van der Waals surface area contributed by atoms with Gasteiger partial charge in [0.2, 0.25) is 5.96 Å². The van der Waals surface area contributed by atoms with Crippen LogP contribution in [0.2, 0.25) is 0 Å². The lowest BCUT2D eigenvalue weighted by atomic mass is 9.35. The Labute approximate surface area is 250 Å². The maximum Gasteiger partial charge on any atom is 0.253 e. The molecular weight excluding hydrogens is 548 g/mol. The number of hydrogen-bond acceptors (Lipinski definition) is 5. The van der Waals surface area contributed by atoms with Gasteiger partial charge in [-0.25, -0.2) is 8.42 Å². The highest BCUT2D eigenvalue weighted by atomic mass is 32.2. The Bertz CT molecular complexity index is 1510. The number of nitriles is 1. The number of sulfonamides is 1. The fraction of sp³-hybridized carbons (Fsp3) is 0.758. The predicted molar refractivity (Wildman–Crippen MR) is 162 cm³/mol. The van der Waals surface area contributed by atoms with Gasteiger partial charge < -0.3 is 10.6 Å². The van der Waals surface area contributed by atoms with E-state index in [9.17, 15) is 23.3 Å². The van der Waals surface area contributed by atoms with Gasteiger partial charge in [0.25, 0.3) is 10.0 Å². The van der Waals surface area contributed by atoms with Crippen LogP contribution < -0.4 is 10.6 Å². The highest BCUT2D eigenvalue weighted by Gasteiger charge is 2.72. The average Bonchev–Trinajstić information content (AvgIpc) is 3.68. The van der Waals surface area contributed by atoms with E-state index in [4.69, 9.17) is 0 Å². The lowest BCUT2D eigenvalue weighted by Crippen LogP contribution is -2.70. The van der Waals surface area contributed by atoms with Crippen LogP contribution in [0.1, 0.15) is 92.4 Å². The summed E-state index contributed by atoms with van der Waals surface area (Å²) in [5.41, 5.74) is -0.570. The minimum Gasteiger partial charge on any atom is -0.359 e. The van der Waals surface area contributed by atoms with E-state index in [2.05, 4.69) is 55.7 Å². The van der Waals surface area contributed by atoms with Crippen molar-refractivity contribution in [3.05, 3.63) is 23.3 Å². The van der Waals surface area contributed by atoms with Gasteiger partial charge in [-0.2, -0.15) is 5.26 Å². The number of hydrogen-bond donors (Lipinski definition) is 2. The third kappa shape index (κ3) is 3.89. The molecular formula is C33H46N4O4S. The topological polar surface area (TPSA) is 128 Å². The van der Waals surface area contributed by atoms with Gasteiger partial charge in [0.15, 0.2) is 11.6 Å². The Hall–Kier alpha value is -2.47. The molecule has 0 radical (unpaired) electrons. The first kappa shape index (κ1) is 29.6. The molecule has 9 heteroatoms. The standard InChI is InChI=1S/C33H46N4O4S/c1-28(2)10-14-33(36-27(35-6)37-42(7,40)41)15-11-31(5)25(21(33)18-28)22(38)16-24-29(3)17-20(19-34)26(39)32(12-13-32)23(29)8-9-30(24,31)4/h16-17,21,23,25H,8-15,18H2,1-7H3,(H2,35,36,37)/t21-,23+,25-,29-,30+,31+,33-/m0/s1. The maximum absolute atomic E-state index is 14.6. The van der Waals surface area contributed by atoms with Crippen molar-refractivity contribution in [3.8, 4) is 6.07 Å². The number of nitrogens with zero attached hydrogens (tertiary/aromatic N) is 2. The van der Waals surface area contributed by atoms with Gasteiger partial charge in [0, 0.05) is 29.3 Å². The summed E-state index contributed by atoms with van der Waals surface area (Å²) < 4.78 is 28.2. The molecule has 228 valence electrons. The van der Waals surface area contributed by atoms with Gasteiger partial charge in [0.05, 0.1) is 11.8 Å². The molecule has 0 aliphatic heterocycles. The summed E-state index contributed by atoms with van der Waals surface area (Å²) in [7, 11) is -1.95. The van der Waals surface area contributed by atoms with Crippen LogP contribution in [0.4, 0.5) is 0 Å². The first-order valence-corrected chi connectivity index (χ1v) is 17.5. The number of guanidine groups is 1.